The molecule has 0 aromatic carbocycles. The molecule has 0 saturated heterocycles. The van der Waals surface area contributed by atoms with Crippen LogP contribution in [-0.4, -0.2) is 140 Å². The molecule has 0 rings (SSSR count). The molecule has 0 aromatic rings. The summed E-state index contributed by atoms with van der Waals surface area (Å²) in [6.45, 7) is 13.2. The maximum Gasteiger partial charge on any atom is 0.249 e. The van der Waals surface area contributed by atoms with Crippen molar-refractivity contribution in [3.63, 3.8) is 0 Å². The van der Waals surface area contributed by atoms with Crippen molar-refractivity contribution in [1.29, 1.82) is 0 Å². The first-order valence-corrected chi connectivity index (χ1v) is 14.6. The van der Waals surface area contributed by atoms with Crippen molar-refractivity contribution in [3.05, 3.63) is 0 Å². The lowest BCUT2D eigenvalue weighted by Crippen LogP contribution is -2.57. The van der Waals surface area contributed by atoms with Crippen LogP contribution >= 0.6 is 0 Å². The average molecular weight is 665 g/mol. The van der Waals surface area contributed by atoms with E-state index in [1.165, 1.54) is 41.5 Å². The summed E-state index contributed by atoms with van der Waals surface area (Å²) >= 11 is 0. The Bertz CT molecular complexity index is 973. The molecule has 0 aliphatic rings. The van der Waals surface area contributed by atoms with Crippen LogP contribution in [0.4, 0.5) is 0 Å². The monoisotopic (exact) mass is 664 g/mol. The van der Waals surface area contributed by atoms with Crippen LogP contribution < -0.4 is 21.3 Å². The smallest absolute Gasteiger partial charge is 0.249 e. The maximum atomic E-state index is 12.4. The first-order chi connectivity index (χ1) is 20.9. The summed E-state index contributed by atoms with van der Waals surface area (Å²) in [5, 5.41) is 80.1. The number of amides is 4. The van der Waals surface area contributed by atoms with Gasteiger partial charge in [0.15, 0.2) is 22.2 Å². The molecule has 4 amide bonds. The van der Waals surface area contributed by atoms with E-state index in [4.69, 9.17) is 10.2 Å². The number of azo groups is 2. The molecular weight excluding hydrogens is 608 g/mol. The van der Waals surface area contributed by atoms with E-state index in [0.29, 0.717) is 0 Å². The summed E-state index contributed by atoms with van der Waals surface area (Å²) in [5.41, 5.74) is -7.41. The van der Waals surface area contributed by atoms with Crippen molar-refractivity contribution < 1.29 is 49.8 Å². The van der Waals surface area contributed by atoms with Gasteiger partial charge in [0, 0.05) is 13.1 Å². The molecule has 0 aromatic heterocycles. The number of hydrogen-bond donors (Lipinski definition) is 10. The third-order valence-corrected chi connectivity index (χ3v) is 6.34. The lowest BCUT2D eigenvalue weighted by molar-refractivity contribution is -0.130. The van der Waals surface area contributed by atoms with Crippen LogP contribution in [0.15, 0.2) is 20.5 Å². The van der Waals surface area contributed by atoms with E-state index in [0.717, 1.165) is 0 Å². The minimum Gasteiger partial charge on any atom is -0.395 e. The number of aliphatic hydroxyl groups excluding tert-OH is 6. The van der Waals surface area contributed by atoms with Gasteiger partial charge in [-0.25, -0.2) is 0 Å². The third kappa shape index (κ3) is 15.4. The lowest BCUT2D eigenvalue weighted by Gasteiger charge is -2.31. The maximum absolute atomic E-state index is 12.4. The topological polar surface area (TPSA) is 287 Å². The second-order valence-electron chi connectivity index (χ2n) is 13.3. The summed E-state index contributed by atoms with van der Waals surface area (Å²) in [6, 6.07) is 0. The molecule has 268 valence electrons. The second kappa shape index (κ2) is 18.9. The number of rotatable bonds is 18. The fourth-order valence-corrected chi connectivity index (χ4v) is 2.57. The first-order valence-electron chi connectivity index (χ1n) is 14.6. The minimum atomic E-state index is -1.36. The minimum absolute atomic E-state index is 0.137. The standard InChI is InChI=1S/C16H32N4O6.C12H24N4O4/c1-13(2,11(25)17-15(5,7-21)8-22)19-20-14(3,4)12(26)18-16(6,9-23)10-24;1-11(2,9(19)13-5-7-17)15-16-12(3,4)10(20)14-6-8-18/h21-24H,7-10H2,1-6H3,(H,17,25)(H,18,26);17-18H,5-8H2,1-4H3,(H,13,19)(H,14,20). The molecule has 0 heterocycles. The fraction of sp³-hybridized carbons (Fsp3) is 0.857. The van der Waals surface area contributed by atoms with Gasteiger partial charge in [-0.1, -0.05) is 0 Å². The highest BCUT2D eigenvalue weighted by molar-refractivity contribution is 5.88. The Morgan fingerprint density at radius 1 is 0.435 bits per heavy atom. The van der Waals surface area contributed by atoms with E-state index in [9.17, 15) is 39.6 Å². The highest BCUT2D eigenvalue weighted by Gasteiger charge is 2.37. The van der Waals surface area contributed by atoms with Gasteiger partial charge in [-0.2, -0.15) is 20.5 Å². The number of hydrogen-bond acceptors (Lipinski definition) is 14. The molecule has 46 heavy (non-hydrogen) atoms. The first kappa shape index (κ1) is 45.0. The number of carbonyl (C=O) groups is 4. The number of carbonyl (C=O) groups excluding carboxylic acids is 4. The molecule has 0 radical (unpaired) electrons. The zero-order chi connectivity index (χ0) is 36.6. The Balaban J connectivity index is 0. The van der Waals surface area contributed by atoms with Gasteiger partial charge in [0.25, 0.3) is 0 Å². The zero-order valence-corrected chi connectivity index (χ0v) is 28.8. The second-order valence-corrected chi connectivity index (χ2v) is 13.3. The molecular formula is C28H56N8O10. The van der Waals surface area contributed by atoms with Crippen LogP contribution in [0.3, 0.4) is 0 Å². The van der Waals surface area contributed by atoms with E-state index < -0.39 is 71.5 Å². The third-order valence-electron chi connectivity index (χ3n) is 6.34. The molecule has 0 atom stereocenters. The Morgan fingerprint density at radius 2 is 0.652 bits per heavy atom. The number of nitrogens with one attached hydrogen (secondary N) is 4. The highest BCUT2D eigenvalue weighted by Crippen LogP contribution is 2.19. The predicted molar refractivity (Wildman–Crippen MR) is 168 cm³/mol. The van der Waals surface area contributed by atoms with Crippen molar-refractivity contribution in [2.45, 2.75) is 102 Å². The Hall–Kier alpha value is -3.16. The number of aliphatic hydroxyl groups is 6. The highest BCUT2D eigenvalue weighted by atomic mass is 16.3. The van der Waals surface area contributed by atoms with Crippen LogP contribution in [0.2, 0.25) is 0 Å². The van der Waals surface area contributed by atoms with Crippen LogP contribution in [0.1, 0.15) is 69.2 Å². The van der Waals surface area contributed by atoms with Crippen LogP contribution in [0.25, 0.3) is 0 Å². The van der Waals surface area contributed by atoms with Crippen LogP contribution in [-0.2, 0) is 19.2 Å². The summed E-state index contributed by atoms with van der Waals surface area (Å²) < 4.78 is 0. The van der Waals surface area contributed by atoms with Crippen molar-refractivity contribution in [2.75, 3.05) is 52.7 Å². The van der Waals surface area contributed by atoms with Gasteiger partial charge in [0.2, 0.25) is 23.6 Å². The van der Waals surface area contributed by atoms with E-state index in [-0.39, 0.29) is 38.1 Å². The summed E-state index contributed by atoms with van der Waals surface area (Å²) in [4.78, 5) is 48.3. The van der Waals surface area contributed by atoms with E-state index >= 15 is 0 Å². The van der Waals surface area contributed by atoms with Crippen LogP contribution in [0.5, 0.6) is 0 Å². The van der Waals surface area contributed by atoms with E-state index in [2.05, 4.69) is 41.7 Å². The molecule has 0 fully saturated rings. The molecule has 0 bridgehead atoms. The summed E-state index contributed by atoms with van der Waals surface area (Å²) in [5.74, 6) is -1.94. The number of nitrogens with zero attached hydrogens (tertiary/aromatic N) is 4. The molecule has 0 aliphatic heterocycles. The van der Waals surface area contributed by atoms with Gasteiger partial charge in [-0.3, -0.25) is 19.2 Å². The summed E-state index contributed by atoms with van der Waals surface area (Å²) in [7, 11) is 0. The molecule has 0 spiro atoms. The quantitative estimate of drug-likeness (QED) is 0.0714. The Kier molecular flexibility index (Phi) is 18.4. The van der Waals surface area contributed by atoms with Gasteiger partial charge in [0.1, 0.15) is 0 Å². The predicted octanol–water partition coefficient (Wildman–Crippen LogP) is -2.07. The van der Waals surface area contributed by atoms with Gasteiger partial charge in [0.05, 0.1) is 50.7 Å². The summed E-state index contributed by atoms with van der Waals surface area (Å²) in [6.07, 6.45) is 0. The van der Waals surface area contributed by atoms with E-state index in [1.807, 2.05) is 0 Å². The van der Waals surface area contributed by atoms with Crippen molar-refractivity contribution >= 4 is 23.6 Å². The lowest BCUT2D eigenvalue weighted by atomic mass is 9.99. The fourth-order valence-electron chi connectivity index (χ4n) is 2.57. The van der Waals surface area contributed by atoms with Gasteiger partial charge in [-0.15, -0.1) is 0 Å². The normalized spacial score (nSPS) is 13.2. The Morgan fingerprint density at radius 3 is 0.848 bits per heavy atom. The SMILES string of the molecule is CC(C)(N=NC(C)(C)C(=O)NCCO)C(=O)NCCO.CC(CO)(CO)NC(=O)C(C)(C)N=NC(C)(C)C(=O)NC(C)(CO)CO. The van der Waals surface area contributed by atoms with Crippen LogP contribution in [0, 0.1) is 0 Å². The Labute approximate surface area is 270 Å². The molecule has 0 unspecified atom stereocenters. The zero-order valence-electron chi connectivity index (χ0n) is 28.8. The molecule has 0 saturated carbocycles. The molecule has 18 nitrogen and oxygen atoms in total. The van der Waals surface area contributed by atoms with Crippen molar-refractivity contribution in [2.24, 2.45) is 20.5 Å². The molecule has 18 heteroatoms. The molecule has 0 aliphatic carbocycles. The van der Waals surface area contributed by atoms with Gasteiger partial charge >= 0.3 is 0 Å². The molecule has 10 N–H and O–H groups in total. The van der Waals surface area contributed by atoms with E-state index in [1.54, 1.807) is 27.7 Å². The van der Waals surface area contributed by atoms with Crippen molar-refractivity contribution in [3.8, 4) is 0 Å². The van der Waals surface area contributed by atoms with Gasteiger partial charge in [-0.05, 0) is 69.2 Å². The van der Waals surface area contributed by atoms with Gasteiger partial charge < -0.3 is 51.9 Å². The largest absolute Gasteiger partial charge is 0.395 e. The average Bonchev–Trinajstić information content (AvgIpc) is 3.00. The van der Waals surface area contributed by atoms with Crippen molar-refractivity contribution in [1.82, 2.24) is 21.3 Å².